The first-order valence-corrected chi connectivity index (χ1v) is 7.90. The predicted molar refractivity (Wildman–Crippen MR) is 81.7 cm³/mol. The van der Waals surface area contributed by atoms with Gasteiger partial charge in [-0.15, -0.1) is 11.6 Å². The van der Waals surface area contributed by atoms with Crippen molar-refractivity contribution in [3.05, 3.63) is 21.8 Å². The molecule has 0 aliphatic heterocycles. The molecule has 100 valence electrons. The third-order valence-corrected chi connectivity index (χ3v) is 4.77. The number of nitrogens with one attached hydrogen (secondary N) is 1. The minimum absolute atomic E-state index is 0.0658. The Kier molecular flexibility index (Phi) is 4.79. The summed E-state index contributed by atoms with van der Waals surface area (Å²) in [5.74, 6) is 2.01. The van der Waals surface area contributed by atoms with Gasteiger partial charge in [-0.2, -0.15) is 0 Å². The summed E-state index contributed by atoms with van der Waals surface area (Å²) in [6.07, 6.45) is 6.39. The Morgan fingerprint density at radius 3 is 3.00 bits per heavy atom. The highest BCUT2D eigenvalue weighted by molar-refractivity contribution is 9.10. The van der Waals surface area contributed by atoms with Crippen molar-refractivity contribution in [2.45, 2.75) is 38.1 Å². The van der Waals surface area contributed by atoms with Crippen LogP contribution in [0, 0.1) is 5.92 Å². The van der Waals surface area contributed by atoms with Crippen molar-refractivity contribution in [2.75, 3.05) is 11.2 Å². The summed E-state index contributed by atoms with van der Waals surface area (Å²) >= 11 is 15.8. The Morgan fingerprint density at radius 2 is 2.39 bits per heavy atom. The topological polar surface area (TPSA) is 24.9 Å². The average Bonchev–Trinajstić information content (AvgIpc) is 2.33. The van der Waals surface area contributed by atoms with Crippen LogP contribution in [0.25, 0.3) is 0 Å². The number of aromatic nitrogens is 1. The molecule has 0 amide bonds. The zero-order chi connectivity index (χ0) is 13.2. The van der Waals surface area contributed by atoms with E-state index in [-0.39, 0.29) is 5.54 Å². The summed E-state index contributed by atoms with van der Waals surface area (Å²) in [7, 11) is 0. The van der Waals surface area contributed by atoms with Crippen molar-refractivity contribution in [1.29, 1.82) is 0 Å². The molecule has 0 bridgehead atoms. The molecule has 5 heteroatoms. The second-order valence-corrected chi connectivity index (χ2v) is 6.81. The van der Waals surface area contributed by atoms with Gasteiger partial charge in [0.15, 0.2) is 0 Å². The van der Waals surface area contributed by atoms with Crippen LogP contribution in [0.5, 0.6) is 0 Å². The molecule has 1 aromatic heterocycles. The molecular formula is C13H17BrCl2N2. The van der Waals surface area contributed by atoms with Crippen molar-refractivity contribution in [1.82, 2.24) is 4.98 Å². The normalized spacial score (nSPS) is 28.1. The Labute approximate surface area is 127 Å². The van der Waals surface area contributed by atoms with E-state index in [2.05, 4.69) is 33.2 Å². The van der Waals surface area contributed by atoms with E-state index in [9.17, 15) is 0 Å². The summed E-state index contributed by atoms with van der Waals surface area (Å²) in [5.41, 5.74) is -0.0658. The van der Waals surface area contributed by atoms with Crippen LogP contribution in [-0.4, -0.2) is 16.4 Å². The van der Waals surface area contributed by atoms with E-state index in [1.54, 1.807) is 6.20 Å². The summed E-state index contributed by atoms with van der Waals surface area (Å²) in [6.45, 7) is 2.28. The van der Waals surface area contributed by atoms with E-state index < -0.39 is 0 Å². The molecule has 1 aliphatic carbocycles. The van der Waals surface area contributed by atoms with Crippen LogP contribution in [0.3, 0.4) is 0 Å². The molecule has 1 aromatic rings. The Hall–Kier alpha value is 0.01000. The molecule has 1 N–H and O–H groups in total. The molecule has 0 spiro atoms. The zero-order valence-corrected chi connectivity index (χ0v) is 13.4. The summed E-state index contributed by atoms with van der Waals surface area (Å²) in [4.78, 5) is 4.34. The lowest BCUT2D eigenvalue weighted by Gasteiger charge is -2.40. The van der Waals surface area contributed by atoms with Gasteiger partial charge in [0.05, 0.1) is 10.6 Å². The lowest BCUT2D eigenvalue weighted by Crippen LogP contribution is -2.44. The highest BCUT2D eigenvalue weighted by Crippen LogP contribution is 2.37. The van der Waals surface area contributed by atoms with Crippen LogP contribution >= 0.6 is 39.1 Å². The van der Waals surface area contributed by atoms with Gasteiger partial charge in [0.2, 0.25) is 0 Å². The molecule has 0 radical (unpaired) electrons. The van der Waals surface area contributed by atoms with E-state index in [0.29, 0.717) is 16.8 Å². The van der Waals surface area contributed by atoms with E-state index >= 15 is 0 Å². The Morgan fingerprint density at radius 1 is 1.61 bits per heavy atom. The number of hydrogen-bond acceptors (Lipinski definition) is 2. The van der Waals surface area contributed by atoms with Gasteiger partial charge in [0.1, 0.15) is 5.82 Å². The molecule has 2 nitrogen and oxygen atoms in total. The number of pyridine rings is 1. The van der Waals surface area contributed by atoms with E-state index in [0.717, 1.165) is 23.1 Å². The second-order valence-electron chi connectivity index (χ2n) is 5.22. The van der Waals surface area contributed by atoms with Crippen LogP contribution in [0.4, 0.5) is 5.82 Å². The molecule has 0 aromatic carbocycles. The average molecular weight is 352 g/mol. The fourth-order valence-electron chi connectivity index (χ4n) is 2.69. The van der Waals surface area contributed by atoms with Crippen molar-refractivity contribution < 1.29 is 0 Å². The fourth-order valence-corrected chi connectivity index (χ4v) is 3.67. The van der Waals surface area contributed by atoms with Crippen LogP contribution in [0.15, 0.2) is 16.7 Å². The standard InChI is InChI=1S/C13H17BrCl2N2/c1-9-3-2-4-13(6-9,8-15)18-12-11(16)5-10(14)7-17-12/h5,7,9H,2-4,6,8H2,1H3,(H,17,18). The first-order chi connectivity index (χ1) is 8.54. The molecule has 1 heterocycles. The monoisotopic (exact) mass is 350 g/mol. The van der Waals surface area contributed by atoms with Crippen LogP contribution in [0.1, 0.15) is 32.6 Å². The highest BCUT2D eigenvalue weighted by Gasteiger charge is 2.34. The molecule has 18 heavy (non-hydrogen) atoms. The number of nitrogens with zero attached hydrogens (tertiary/aromatic N) is 1. The number of hydrogen-bond donors (Lipinski definition) is 1. The first kappa shape index (κ1) is 14.4. The highest BCUT2D eigenvalue weighted by atomic mass is 79.9. The van der Waals surface area contributed by atoms with Crippen LogP contribution in [-0.2, 0) is 0 Å². The fraction of sp³-hybridized carbons (Fsp3) is 0.615. The molecule has 1 aliphatic rings. The van der Waals surface area contributed by atoms with Crippen LogP contribution in [0.2, 0.25) is 5.02 Å². The Bertz CT molecular complexity index is 427. The number of anilines is 1. The number of halogens is 3. The minimum Gasteiger partial charge on any atom is -0.362 e. The quantitative estimate of drug-likeness (QED) is 0.766. The maximum Gasteiger partial charge on any atom is 0.145 e. The lowest BCUT2D eigenvalue weighted by atomic mass is 9.77. The molecule has 1 saturated carbocycles. The van der Waals surface area contributed by atoms with Gasteiger partial charge >= 0.3 is 0 Å². The number of alkyl halides is 1. The molecule has 0 saturated heterocycles. The van der Waals surface area contributed by atoms with Gasteiger partial charge in [0.25, 0.3) is 0 Å². The third kappa shape index (κ3) is 3.31. The third-order valence-electron chi connectivity index (χ3n) is 3.54. The zero-order valence-electron chi connectivity index (χ0n) is 10.3. The maximum absolute atomic E-state index is 6.21. The van der Waals surface area contributed by atoms with Crippen molar-refractivity contribution in [3.63, 3.8) is 0 Å². The van der Waals surface area contributed by atoms with Gasteiger partial charge in [-0.3, -0.25) is 0 Å². The molecule has 2 atom stereocenters. The smallest absolute Gasteiger partial charge is 0.145 e. The summed E-state index contributed by atoms with van der Waals surface area (Å²) < 4.78 is 0.884. The van der Waals surface area contributed by atoms with Crippen LogP contribution < -0.4 is 5.32 Å². The van der Waals surface area contributed by atoms with E-state index in [1.807, 2.05) is 6.07 Å². The summed E-state index contributed by atoms with van der Waals surface area (Å²) in [5, 5.41) is 4.11. The Balaban J connectivity index is 2.19. The van der Waals surface area contributed by atoms with Gasteiger partial charge in [-0.1, -0.05) is 31.4 Å². The molecule has 1 fully saturated rings. The minimum atomic E-state index is -0.0658. The maximum atomic E-state index is 6.21. The van der Waals surface area contributed by atoms with Gasteiger partial charge in [0, 0.05) is 16.5 Å². The van der Waals surface area contributed by atoms with Crippen molar-refractivity contribution >= 4 is 44.9 Å². The van der Waals surface area contributed by atoms with Gasteiger partial charge < -0.3 is 5.32 Å². The largest absolute Gasteiger partial charge is 0.362 e. The van der Waals surface area contributed by atoms with E-state index in [4.69, 9.17) is 23.2 Å². The second kappa shape index (κ2) is 5.98. The SMILES string of the molecule is CC1CCCC(CCl)(Nc2ncc(Br)cc2Cl)C1. The first-order valence-electron chi connectivity index (χ1n) is 6.20. The van der Waals surface area contributed by atoms with E-state index in [1.165, 1.54) is 12.8 Å². The molecular weight excluding hydrogens is 335 g/mol. The van der Waals surface area contributed by atoms with Gasteiger partial charge in [-0.05, 0) is 40.8 Å². The summed E-state index contributed by atoms with van der Waals surface area (Å²) in [6, 6.07) is 1.85. The van der Waals surface area contributed by atoms with Gasteiger partial charge in [-0.25, -0.2) is 4.98 Å². The predicted octanol–water partition coefficient (Wildman–Crippen LogP) is 5.10. The molecule has 2 unspecified atom stereocenters. The lowest BCUT2D eigenvalue weighted by molar-refractivity contribution is 0.279. The number of rotatable bonds is 3. The molecule has 2 rings (SSSR count). The van der Waals surface area contributed by atoms with Crippen molar-refractivity contribution in [2.24, 2.45) is 5.92 Å². The van der Waals surface area contributed by atoms with Crippen molar-refractivity contribution in [3.8, 4) is 0 Å².